The first-order valence-corrected chi connectivity index (χ1v) is 11.2. The first-order valence-electron chi connectivity index (χ1n) is 10.8. The highest BCUT2D eigenvalue weighted by molar-refractivity contribution is 6.33. The number of methoxy groups -OCH3 is 1. The number of nitrogens with one attached hydrogen (secondary N) is 1. The molecule has 0 bridgehead atoms. The molecule has 0 unspecified atom stereocenters. The van der Waals surface area contributed by atoms with Gasteiger partial charge in [-0.2, -0.15) is 0 Å². The van der Waals surface area contributed by atoms with Crippen molar-refractivity contribution in [3.05, 3.63) is 50.3 Å². The number of fused-ring (bicyclic) bond motifs is 5. The van der Waals surface area contributed by atoms with E-state index in [0.717, 1.165) is 16.6 Å². The van der Waals surface area contributed by atoms with Crippen molar-refractivity contribution in [3.8, 4) is 17.1 Å². The molecule has 1 aromatic carbocycles. The van der Waals surface area contributed by atoms with Gasteiger partial charge in [0.05, 0.1) is 46.8 Å². The summed E-state index contributed by atoms with van der Waals surface area (Å²) >= 11 is 6.49. The summed E-state index contributed by atoms with van der Waals surface area (Å²) in [6, 6.07) is 5.55. The van der Waals surface area contributed by atoms with Gasteiger partial charge in [0.2, 0.25) is 0 Å². The SMILES string of the molecule is CC[C@@]1(O)C(=O)OCc2c1cc1n(c2=O)Cc2cc3c(NC(C)C)c(OC)c(Cl)cc3nc2-1. The number of hydrogen-bond donors (Lipinski definition) is 2. The molecule has 9 heteroatoms. The number of halogens is 1. The van der Waals surface area contributed by atoms with E-state index in [2.05, 4.69) is 5.32 Å². The number of cyclic esters (lactones) is 1. The van der Waals surface area contributed by atoms with Gasteiger partial charge in [0.25, 0.3) is 5.56 Å². The predicted molar refractivity (Wildman–Crippen MR) is 125 cm³/mol. The van der Waals surface area contributed by atoms with E-state index in [1.54, 1.807) is 30.7 Å². The number of nitrogens with zero attached hydrogens (tertiary/aromatic N) is 2. The molecule has 1 atom stereocenters. The lowest BCUT2D eigenvalue weighted by molar-refractivity contribution is -0.172. The number of benzene rings is 1. The topological polar surface area (TPSA) is 103 Å². The minimum atomic E-state index is -1.85. The van der Waals surface area contributed by atoms with Gasteiger partial charge in [-0.05, 0) is 38.5 Å². The van der Waals surface area contributed by atoms with Crippen molar-refractivity contribution in [3.63, 3.8) is 0 Å². The van der Waals surface area contributed by atoms with Gasteiger partial charge < -0.3 is 24.5 Å². The van der Waals surface area contributed by atoms with Crippen molar-refractivity contribution in [2.75, 3.05) is 12.4 Å². The Morgan fingerprint density at radius 3 is 2.76 bits per heavy atom. The number of ether oxygens (including phenoxy) is 2. The molecule has 2 N–H and O–H groups in total. The summed E-state index contributed by atoms with van der Waals surface area (Å²) in [5.41, 5.74) is 1.87. The lowest BCUT2D eigenvalue weighted by Gasteiger charge is -2.31. The molecule has 8 nitrogen and oxygen atoms in total. The third-order valence-corrected chi connectivity index (χ3v) is 6.64. The maximum absolute atomic E-state index is 13.3. The van der Waals surface area contributed by atoms with Crippen LogP contribution < -0.4 is 15.6 Å². The van der Waals surface area contributed by atoms with Gasteiger partial charge in [0.1, 0.15) is 6.61 Å². The third-order valence-electron chi connectivity index (χ3n) is 6.36. The number of esters is 1. The fourth-order valence-corrected chi connectivity index (χ4v) is 4.98. The first kappa shape index (κ1) is 21.7. The number of carbonyl (C=O) groups excluding carboxylic acids is 1. The largest absolute Gasteiger partial charge is 0.493 e. The molecule has 5 rings (SSSR count). The van der Waals surface area contributed by atoms with Gasteiger partial charge in [-0.15, -0.1) is 0 Å². The summed E-state index contributed by atoms with van der Waals surface area (Å²) in [5.74, 6) is -0.207. The van der Waals surface area contributed by atoms with Crippen molar-refractivity contribution >= 4 is 34.2 Å². The van der Waals surface area contributed by atoms with E-state index in [9.17, 15) is 14.7 Å². The molecule has 3 aromatic rings. The molecule has 2 aliphatic heterocycles. The highest BCUT2D eigenvalue weighted by atomic mass is 35.5. The molecule has 0 spiro atoms. The van der Waals surface area contributed by atoms with E-state index in [1.807, 2.05) is 19.9 Å². The van der Waals surface area contributed by atoms with Crippen LogP contribution in [0.1, 0.15) is 43.9 Å². The molecule has 0 radical (unpaired) electrons. The number of rotatable bonds is 4. The molecule has 0 saturated heterocycles. The predicted octanol–water partition coefficient (Wildman–Crippen LogP) is 3.56. The minimum Gasteiger partial charge on any atom is -0.493 e. The second-order valence-corrected chi connectivity index (χ2v) is 9.14. The average Bonchev–Trinajstić information content (AvgIpc) is 3.13. The van der Waals surface area contributed by atoms with E-state index in [0.29, 0.717) is 45.3 Å². The van der Waals surface area contributed by atoms with E-state index < -0.39 is 11.6 Å². The summed E-state index contributed by atoms with van der Waals surface area (Å²) in [6.45, 7) is 5.89. The lowest BCUT2D eigenvalue weighted by Crippen LogP contribution is -2.44. The molecule has 33 heavy (non-hydrogen) atoms. The summed E-state index contributed by atoms with van der Waals surface area (Å²) in [7, 11) is 1.57. The first-order chi connectivity index (χ1) is 15.7. The third kappa shape index (κ3) is 3.04. The molecule has 0 amide bonds. The molecular formula is C24H24ClN3O5. The Hall–Kier alpha value is -3.10. The maximum atomic E-state index is 13.3. The van der Waals surface area contributed by atoms with Crippen LogP contribution in [0.3, 0.4) is 0 Å². The van der Waals surface area contributed by atoms with Crippen molar-refractivity contribution in [2.24, 2.45) is 0 Å². The van der Waals surface area contributed by atoms with Crippen LogP contribution >= 0.6 is 11.6 Å². The smallest absolute Gasteiger partial charge is 0.343 e. The van der Waals surface area contributed by atoms with Crippen molar-refractivity contribution in [1.82, 2.24) is 9.55 Å². The second-order valence-electron chi connectivity index (χ2n) is 8.73. The van der Waals surface area contributed by atoms with E-state index in [1.165, 1.54) is 0 Å². The van der Waals surface area contributed by atoms with Gasteiger partial charge in [0.15, 0.2) is 11.4 Å². The Balaban J connectivity index is 1.77. The van der Waals surface area contributed by atoms with Gasteiger partial charge in [0, 0.05) is 22.6 Å². The molecule has 0 aliphatic carbocycles. The van der Waals surface area contributed by atoms with Crippen LogP contribution in [-0.4, -0.2) is 33.8 Å². The second kappa shape index (κ2) is 7.46. The molecule has 172 valence electrons. The van der Waals surface area contributed by atoms with Crippen LogP contribution in [0, 0.1) is 0 Å². The van der Waals surface area contributed by atoms with Crippen LogP contribution in [0.5, 0.6) is 5.75 Å². The average molecular weight is 470 g/mol. The number of pyridine rings is 2. The Kier molecular flexibility index (Phi) is 4.91. The maximum Gasteiger partial charge on any atom is 0.343 e. The Morgan fingerprint density at radius 2 is 2.09 bits per heavy atom. The summed E-state index contributed by atoms with van der Waals surface area (Å²) < 4.78 is 12.3. The van der Waals surface area contributed by atoms with Gasteiger partial charge in [-0.1, -0.05) is 18.5 Å². The van der Waals surface area contributed by atoms with E-state index in [-0.39, 0.29) is 24.6 Å². The normalized spacial score (nSPS) is 18.7. The number of anilines is 1. The molecule has 0 fully saturated rings. The van der Waals surface area contributed by atoms with Crippen molar-refractivity contribution in [1.29, 1.82) is 0 Å². The Morgan fingerprint density at radius 1 is 1.33 bits per heavy atom. The van der Waals surface area contributed by atoms with Crippen LogP contribution in [0.15, 0.2) is 23.0 Å². The van der Waals surface area contributed by atoms with E-state index >= 15 is 0 Å². The lowest BCUT2D eigenvalue weighted by atomic mass is 9.86. The molecule has 2 aromatic heterocycles. The quantitative estimate of drug-likeness (QED) is 0.440. The summed E-state index contributed by atoms with van der Waals surface area (Å²) in [5, 5.41) is 15.7. The molecule has 0 saturated carbocycles. The Bertz CT molecular complexity index is 1400. The van der Waals surface area contributed by atoms with Crippen LogP contribution in [0.2, 0.25) is 5.02 Å². The minimum absolute atomic E-state index is 0.0966. The number of carbonyl (C=O) groups is 1. The highest BCUT2D eigenvalue weighted by Gasteiger charge is 2.45. The number of aromatic nitrogens is 2. The zero-order chi connectivity index (χ0) is 23.7. The zero-order valence-electron chi connectivity index (χ0n) is 18.8. The molecule has 2 aliphatic rings. The summed E-state index contributed by atoms with van der Waals surface area (Å²) in [6.07, 6.45) is 0.0966. The Labute approximate surface area is 195 Å². The van der Waals surface area contributed by atoms with Gasteiger partial charge in [-0.3, -0.25) is 4.79 Å². The van der Waals surface area contributed by atoms with Crippen LogP contribution in [0.4, 0.5) is 5.69 Å². The van der Waals surface area contributed by atoms with Gasteiger partial charge in [-0.25, -0.2) is 9.78 Å². The summed E-state index contributed by atoms with van der Waals surface area (Å²) in [4.78, 5) is 30.5. The van der Waals surface area contributed by atoms with Crippen LogP contribution in [-0.2, 0) is 28.3 Å². The molecular weight excluding hydrogens is 446 g/mol. The highest BCUT2D eigenvalue weighted by Crippen LogP contribution is 2.43. The standard InChI is InChI=1S/C24H24ClN3O5/c1-5-24(31)15-7-18-19-12(9-28(18)22(29)14(15)10-33-23(24)30)6-13-17(27-19)8-16(25)21(32-4)20(13)26-11(2)3/h6-8,11,26,31H,5,9-10H2,1-4H3/t24-/m0/s1. The molecule has 4 heterocycles. The van der Waals surface area contributed by atoms with Gasteiger partial charge >= 0.3 is 5.97 Å². The van der Waals surface area contributed by atoms with E-state index in [4.69, 9.17) is 26.1 Å². The van der Waals surface area contributed by atoms with Crippen LogP contribution in [0.25, 0.3) is 22.3 Å². The van der Waals surface area contributed by atoms with Crippen molar-refractivity contribution < 1.29 is 19.4 Å². The number of aliphatic hydroxyl groups is 1. The monoisotopic (exact) mass is 469 g/mol. The number of hydrogen-bond acceptors (Lipinski definition) is 7. The fourth-order valence-electron chi connectivity index (χ4n) is 4.70. The van der Waals surface area contributed by atoms with Crippen molar-refractivity contribution in [2.45, 2.75) is 52.0 Å². The fraction of sp³-hybridized carbons (Fsp3) is 0.375. The zero-order valence-corrected chi connectivity index (χ0v) is 19.5.